The van der Waals surface area contributed by atoms with Gasteiger partial charge < -0.3 is 10.2 Å². The molecule has 3 N–H and O–H groups in total. The van der Waals surface area contributed by atoms with Gasteiger partial charge >= 0.3 is 0 Å². The molecule has 112 valence electrons. The molecule has 0 radical (unpaired) electrons. The lowest BCUT2D eigenvalue weighted by Gasteiger charge is -2.17. The van der Waals surface area contributed by atoms with E-state index in [2.05, 4.69) is 34.1 Å². The molecule has 0 amide bonds. The monoisotopic (exact) mass is 279 g/mol. The molecule has 1 aromatic heterocycles. The van der Waals surface area contributed by atoms with E-state index in [-0.39, 0.29) is 5.92 Å². The van der Waals surface area contributed by atoms with Crippen LogP contribution >= 0.6 is 0 Å². The third kappa shape index (κ3) is 3.58. The maximum Gasteiger partial charge on any atom is 0.221 e. The van der Waals surface area contributed by atoms with Crippen molar-refractivity contribution >= 4 is 5.82 Å². The highest BCUT2D eigenvalue weighted by molar-refractivity contribution is 5.47. The Kier molecular flexibility index (Phi) is 5.14. The molecular weight excluding hydrogens is 254 g/mol. The van der Waals surface area contributed by atoms with Gasteiger partial charge in [-0.15, -0.1) is 0 Å². The highest BCUT2D eigenvalue weighted by atomic mass is 16.5. The summed E-state index contributed by atoms with van der Waals surface area (Å²) in [5.74, 6) is 7.78. The molecule has 1 aliphatic heterocycles. The van der Waals surface area contributed by atoms with Crippen LogP contribution in [0.3, 0.4) is 0 Å². The van der Waals surface area contributed by atoms with Crippen LogP contribution in [0.25, 0.3) is 0 Å². The molecule has 0 bridgehead atoms. The van der Waals surface area contributed by atoms with Gasteiger partial charge in [-0.3, -0.25) is 4.90 Å². The van der Waals surface area contributed by atoms with Gasteiger partial charge in [-0.2, -0.15) is 4.98 Å². The van der Waals surface area contributed by atoms with E-state index >= 15 is 0 Å². The quantitative estimate of drug-likeness (QED) is 0.609. The maximum atomic E-state index is 5.84. The lowest BCUT2D eigenvalue weighted by molar-refractivity contribution is 0.230. The zero-order valence-electron chi connectivity index (χ0n) is 12.6. The molecule has 0 saturated carbocycles. The number of nitrogens with one attached hydrogen (secondary N) is 1. The Morgan fingerprint density at radius 3 is 2.60 bits per heavy atom. The predicted octanol–water partition coefficient (Wildman–Crippen LogP) is 1.67. The summed E-state index contributed by atoms with van der Waals surface area (Å²) >= 11 is 0. The zero-order chi connectivity index (χ0) is 14.5. The minimum Gasteiger partial charge on any atom is -0.476 e. The van der Waals surface area contributed by atoms with Crippen molar-refractivity contribution in [2.75, 3.05) is 31.7 Å². The van der Waals surface area contributed by atoms with Crippen LogP contribution in [0.4, 0.5) is 5.82 Å². The molecule has 0 spiro atoms. The number of ether oxygens (including phenoxy) is 1. The minimum absolute atomic E-state index is 0.239. The van der Waals surface area contributed by atoms with E-state index in [1.807, 2.05) is 6.92 Å². The third-order valence-corrected chi connectivity index (χ3v) is 3.62. The predicted molar refractivity (Wildman–Crippen MR) is 79.8 cm³/mol. The molecular formula is C14H25N5O. The number of likely N-dealkylation sites (tertiary alicyclic amines) is 1. The van der Waals surface area contributed by atoms with Gasteiger partial charge in [-0.05, 0) is 32.9 Å². The van der Waals surface area contributed by atoms with Gasteiger partial charge in [0.05, 0.1) is 5.56 Å². The van der Waals surface area contributed by atoms with E-state index in [9.17, 15) is 0 Å². The van der Waals surface area contributed by atoms with Crippen LogP contribution in [0.2, 0.25) is 0 Å². The Morgan fingerprint density at radius 1 is 1.30 bits per heavy atom. The fourth-order valence-corrected chi connectivity index (χ4v) is 2.33. The molecule has 6 heteroatoms. The second-order valence-electron chi connectivity index (χ2n) is 5.56. The Balaban J connectivity index is 2.03. The highest BCUT2D eigenvalue weighted by Gasteiger charge is 2.15. The number of nitrogens with two attached hydrogens (primary N) is 1. The van der Waals surface area contributed by atoms with Crippen molar-refractivity contribution in [1.29, 1.82) is 0 Å². The highest BCUT2D eigenvalue weighted by Crippen LogP contribution is 2.24. The van der Waals surface area contributed by atoms with Crippen LogP contribution in [-0.4, -0.2) is 41.1 Å². The molecule has 2 heterocycles. The van der Waals surface area contributed by atoms with Gasteiger partial charge in [0.2, 0.25) is 5.88 Å². The van der Waals surface area contributed by atoms with Gasteiger partial charge in [-0.25, -0.2) is 10.8 Å². The van der Waals surface area contributed by atoms with Crippen molar-refractivity contribution in [3.8, 4) is 5.88 Å². The van der Waals surface area contributed by atoms with Crippen molar-refractivity contribution in [2.24, 2.45) is 5.84 Å². The number of hydrazine groups is 1. The number of aromatic nitrogens is 2. The SMILES string of the molecule is Cc1c(NN)nc(C(C)C)nc1OCCN1CCCC1. The molecule has 2 rings (SSSR count). The van der Waals surface area contributed by atoms with Gasteiger partial charge in [-0.1, -0.05) is 13.8 Å². The van der Waals surface area contributed by atoms with Crippen LogP contribution in [-0.2, 0) is 0 Å². The first kappa shape index (κ1) is 15.0. The molecule has 1 aromatic rings. The standard InChI is InChI=1S/C14H25N5O/c1-10(2)12-16-13(18-15)11(3)14(17-12)20-9-8-19-6-4-5-7-19/h10H,4-9,15H2,1-3H3,(H,16,17,18). The van der Waals surface area contributed by atoms with Gasteiger partial charge in [0, 0.05) is 12.5 Å². The lowest BCUT2D eigenvalue weighted by Crippen LogP contribution is -2.25. The van der Waals surface area contributed by atoms with Gasteiger partial charge in [0.15, 0.2) is 0 Å². The topological polar surface area (TPSA) is 76.3 Å². The molecule has 0 aliphatic carbocycles. The van der Waals surface area contributed by atoms with E-state index in [0.29, 0.717) is 18.3 Å². The average molecular weight is 279 g/mol. The normalized spacial score (nSPS) is 15.8. The van der Waals surface area contributed by atoms with Crippen LogP contribution in [0, 0.1) is 6.92 Å². The molecule has 6 nitrogen and oxygen atoms in total. The van der Waals surface area contributed by atoms with Crippen molar-refractivity contribution in [3.05, 3.63) is 11.4 Å². The van der Waals surface area contributed by atoms with E-state index in [4.69, 9.17) is 10.6 Å². The smallest absolute Gasteiger partial charge is 0.221 e. The van der Waals surface area contributed by atoms with E-state index < -0.39 is 0 Å². The maximum absolute atomic E-state index is 5.84. The zero-order valence-corrected chi connectivity index (χ0v) is 12.6. The number of rotatable bonds is 6. The van der Waals surface area contributed by atoms with Crippen LogP contribution in [0.15, 0.2) is 0 Å². The number of anilines is 1. The number of nitrogens with zero attached hydrogens (tertiary/aromatic N) is 3. The summed E-state index contributed by atoms with van der Waals surface area (Å²) in [5.41, 5.74) is 3.48. The Labute approximate surface area is 120 Å². The molecule has 1 saturated heterocycles. The fraction of sp³-hybridized carbons (Fsp3) is 0.714. The van der Waals surface area contributed by atoms with E-state index in [1.54, 1.807) is 0 Å². The first-order valence-electron chi connectivity index (χ1n) is 7.32. The third-order valence-electron chi connectivity index (χ3n) is 3.62. The minimum atomic E-state index is 0.239. The Morgan fingerprint density at radius 2 is 2.00 bits per heavy atom. The van der Waals surface area contributed by atoms with Crippen molar-refractivity contribution in [2.45, 2.75) is 39.5 Å². The number of hydrogen-bond donors (Lipinski definition) is 2. The molecule has 0 atom stereocenters. The second kappa shape index (κ2) is 6.85. The fourth-order valence-electron chi connectivity index (χ4n) is 2.33. The lowest BCUT2D eigenvalue weighted by atomic mass is 10.2. The summed E-state index contributed by atoms with van der Waals surface area (Å²) < 4.78 is 5.84. The Hall–Kier alpha value is -1.40. The Bertz CT molecular complexity index is 443. The van der Waals surface area contributed by atoms with Crippen LogP contribution < -0.4 is 16.0 Å². The van der Waals surface area contributed by atoms with E-state index in [1.165, 1.54) is 25.9 Å². The van der Waals surface area contributed by atoms with Gasteiger partial charge in [0.1, 0.15) is 18.2 Å². The summed E-state index contributed by atoms with van der Waals surface area (Å²) in [5, 5.41) is 0. The molecule has 1 fully saturated rings. The summed E-state index contributed by atoms with van der Waals surface area (Å²) in [6.07, 6.45) is 2.59. The summed E-state index contributed by atoms with van der Waals surface area (Å²) in [6, 6.07) is 0. The molecule has 1 aliphatic rings. The summed E-state index contributed by atoms with van der Waals surface area (Å²) in [4.78, 5) is 11.3. The van der Waals surface area contributed by atoms with Crippen molar-refractivity contribution in [1.82, 2.24) is 14.9 Å². The largest absolute Gasteiger partial charge is 0.476 e. The molecule has 0 aromatic carbocycles. The molecule has 20 heavy (non-hydrogen) atoms. The van der Waals surface area contributed by atoms with Crippen molar-refractivity contribution in [3.63, 3.8) is 0 Å². The number of hydrogen-bond acceptors (Lipinski definition) is 6. The van der Waals surface area contributed by atoms with Crippen LogP contribution in [0.1, 0.15) is 44.0 Å². The second-order valence-corrected chi connectivity index (χ2v) is 5.56. The number of nitrogen functional groups attached to an aromatic ring is 1. The summed E-state index contributed by atoms with van der Waals surface area (Å²) in [6.45, 7) is 9.99. The molecule has 0 unspecified atom stereocenters. The van der Waals surface area contributed by atoms with E-state index in [0.717, 1.165) is 17.9 Å². The summed E-state index contributed by atoms with van der Waals surface area (Å²) in [7, 11) is 0. The van der Waals surface area contributed by atoms with Gasteiger partial charge in [0.25, 0.3) is 0 Å². The van der Waals surface area contributed by atoms with Crippen molar-refractivity contribution < 1.29 is 4.74 Å². The first-order chi connectivity index (χ1) is 9.61. The first-order valence-corrected chi connectivity index (χ1v) is 7.32. The average Bonchev–Trinajstić information content (AvgIpc) is 2.93. The van der Waals surface area contributed by atoms with Crippen LogP contribution in [0.5, 0.6) is 5.88 Å².